The topological polar surface area (TPSA) is 53.6 Å². The number of hydrogen-bond donors (Lipinski definition) is 2. The van der Waals surface area contributed by atoms with Crippen LogP contribution < -0.4 is 15.4 Å². The SMILES string of the molecule is CC(C)CN1CCC(NC(=O)NCCOc2cccc(Br)c2)CC1. The number of halogens is 1. The van der Waals surface area contributed by atoms with Crippen LogP contribution >= 0.6 is 15.9 Å². The fraction of sp³-hybridized carbons (Fsp3) is 0.611. The summed E-state index contributed by atoms with van der Waals surface area (Å²) in [5, 5.41) is 5.92. The molecule has 2 rings (SSSR count). The summed E-state index contributed by atoms with van der Waals surface area (Å²) in [7, 11) is 0. The third kappa shape index (κ3) is 7.09. The Hall–Kier alpha value is -1.27. The summed E-state index contributed by atoms with van der Waals surface area (Å²) in [6.07, 6.45) is 2.05. The van der Waals surface area contributed by atoms with Gasteiger partial charge in [-0.25, -0.2) is 4.79 Å². The van der Waals surface area contributed by atoms with Gasteiger partial charge >= 0.3 is 6.03 Å². The molecule has 1 aromatic carbocycles. The van der Waals surface area contributed by atoms with Crippen molar-refractivity contribution in [3.63, 3.8) is 0 Å². The highest BCUT2D eigenvalue weighted by Crippen LogP contribution is 2.17. The third-order valence-electron chi connectivity index (χ3n) is 4.00. The van der Waals surface area contributed by atoms with E-state index in [1.54, 1.807) is 0 Å². The molecule has 0 bridgehead atoms. The molecule has 0 aliphatic carbocycles. The zero-order valence-corrected chi connectivity index (χ0v) is 16.1. The molecule has 0 radical (unpaired) electrons. The molecule has 1 saturated heterocycles. The van der Waals surface area contributed by atoms with Crippen molar-refractivity contribution in [1.82, 2.24) is 15.5 Å². The monoisotopic (exact) mass is 397 g/mol. The summed E-state index contributed by atoms with van der Waals surface area (Å²) in [4.78, 5) is 14.4. The number of amides is 2. The first-order valence-electron chi connectivity index (χ1n) is 8.68. The number of nitrogens with one attached hydrogen (secondary N) is 2. The molecule has 0 atom stereocenters. The van der Waals surface area contributed by atoms with E-state index in [1.807, 2.05) is 24.3 Å². The second-order valence-corrected chi connectivity index (χ2v) is 7.59. The van der Waals surface area contributed by atoms with E-state index in [0.717, 1.165) is 42.7 Å². The molecule has 1 aliphatic rings. The van der Waals surface area contributed by atoms with Crippen LogP contribution in [0.1, 0.15) is 26.7 Å². The van der Waals surface area contributed by atoms with Gasteiger partial charge in [0.05, 0.1) is 6.54 Å². The molecule has 0 spiro atoms. The first-order valence-corrected chi connectivity index (χ1v) is 9.47. The van der Waals surface area contributed by atoms with Crippen LogP contribution in [0.15, 0.2) is 28.7 Å². The zero-order chi connectivity index (χ0) is 17.4. The number of likely N-dealkylation sites (tertiary alicyclic amines) is 1. The summed E-state index contributed by atoms with van der Waals surface area (Å²) in [5.74, 6) is 1.49. The van der Waals surface area contributed by atoms with E-state index in [-0.39, 0.29) is 12.1 Å². The van der Waals surface area contributed by atoms with Gasteiger partial charge in [-0.15, -0.1) is 0 Å². The molecule has 1 aliphatic heterocycles. The molecule has 24 heavy (non-hydrogen) atoms. The molecular weight excluding hydrogens is 370 g/mol. The fourth-order valence-electron chi connectivity index (χ4n) is 2.90. The minimum absolute atomic E-state index is 0.102. The third-order valence-corrected chi connectivity index (χ3v) is 4.49. The Kier molecular flexibility index (Phi) is 7.85. The van der Waals surface area contributed by atoms with Crippen LogP contribution in [0.4, 0.5) is 4.79 Å². The molecule has 0 aromatic heterocycles. The van der Waals surface area contributed by atoms with E-state index >= 15 is 0 Å². The Bertz CT molecular complexity index is 517. The lowest BCUT2D eigenvalue weighted by atomic mass is 10.0. The van der Waals surface area contributed by atoms with Gasteiger partial charge in [-0.05, 0) is 37.0 Å². The van der Waals surface area contributed by atoms with Gasteiger partial charge in [-0.3, -0.25) is 0 Å². The summed E-state index contributed by atoms with van der Waals surface area (Å²) >= 11 is 3.40. The van der Waals surface area contributed by atoms with Gasteiger partial charge in [0, 0.05) is 30.1 Å². The predicted molar refractivity (Wildman–Crippen MR) is 100 cm³/mol. The minimum Gasteiger partial charge on any atom is -0.492 e. The van der Waals surface area contributed by atoms with Crippen LogP contribution in [0.25, 0.3) is 0 Å². The number of benzene rings is 1. The number of hydrogen-bond acceptors (Lipinski definition) is 3. The van der Waals surface area contributed by atoms with Crippen molar-refractivity contribution in [2.45, 2.75) is 32.7 Å². The number of carbonyl (C=O) groups excluding carboxylic acids is 1. The molecule has 134 valence electrons. The lowest BCUT2D eigenvalue weighted by molar-refractivity contribution is 0.177. The van der Waals surface area contributed by atoms with Crippen LogP contribution in [0, 0.1) is 5.92 Å². The van der Waals surface area contributed by atoms with E-state index in [4.69, 9.17) is 4.74 Å². The molecule has 0 unspecified atom stereocenters. The second kappa shape index (κ2) is 9.89. The minimum atomic E-state index is -0.102. The van der Waals surface area contributed by atoms with Crippen molar-refractivity contribution in [1.29, 1.82) is 0 Å². The van der Waals surface area contributed by atoms with E-state index < -0.39 is 0 Å². The molecule has 5 nitrogen and oxygen atoms in total. The normalized spacial score (nSPS) is 16.2. The molecule has 1 fully saturated rings. The zero-order valence-electron chi connectivity index (χ0n) is 14.6. The van der Waals surface area contributed by atoms with Gasteiger partial charge in [-0.2, -0.15) is 0 Å². The van der Waals surface area contributed by atoms with Crippen molar-refractivity contribution >= 4 is 22.0 Å². The first kappa shape index (κ1) is 19.1. The van der Waals surface area contributed by atoms with Gasteiger partial charge in [0.25, 0.3) is 0 Å². The molecule has 1 aromatic rings. The molecule has 6 heteroatoms. The number of rotatable bonds is 7. The second-order valence-electron chi connectivity index (χ2n) is 6.67. The van der Waals surface area contributed by atoms with E-state index in [9.17, 15) is 4.79 Å². The van der Waals surface area contributed by atoms with Crippen LogP contribution in [0.2, 0.25) is 0 Å². The Balaban J connectivity index is 1.57. The van der Waals surface area contributed by atoms with Crippen molar-refractivity contribution in [3.05, 3.63) is 28.7 Å². The Labute approximate surface area is 153 Å². The van der Waals surface area contributed by atoms with Gasteiger partial charge in [0.1, 0.15) is 12.4 Å². The molecule has 1 heterocycles. The van der Waals surface area contributed by atoms with Gasteiger partial charge in [0.15, 0.2) is 0 Å². The molecule has 0 saturated carbocycles. The van der Waals surface area contributed by atoms with Crippen LogP contribution in [0.3, 0.4) is 0 Å². The molecule has 2 amide bonds. The Morgan fingerprint density at radius 3 is 2.79 bits per heavy atom. The highest BCUT2D eigenvalue weighted by atomic mass is 79.9. The highest BCUT2D eigenvalue weighted by Gasteiger charge is 2.20. The Morgan fingerprint density at radius 1 is 1.38 bits per heavy atom. The van der Waals surface area contributed by atoms with Crippen molar-refractivity contribution < 1.29 is 9.53 Å². The van der Waals surface area contributed by atoms with Gasteiger partial charge < -0.3 is 20.3 Å². The number of nitrogens with zero attached hydrogens (tertiary/aromatic N) is 1. The van der Waals surface area contributed by atoms with Crippen molar-refractivity contribution in [2.24, 2.45) is 5.92 Å². The summed E-state index contributed by atoms with van der Waals surface area (Å²) < 4.78 is 6.58. The largest absolute Gasteiger partial charge is 0.492 e. The van der Waals surface area contributed by atoms with Gasteiger partial charge in [0.2, 0.25) is 0 Å². The number of ether oxygens (including phenoxy) is 1. The van der Waals surface area contributed by atoms with Gasteiger partial charge in [-0.1, -0.05) is 35.8 Å². The van der Waals surface area contributed by atoms with E-state index in [1.165, 1.54) is 0 Å². The molecular formula is C18H28BrN3O2. The first-order chi connectivity index (χ1) is 11.5. The van der Waals surface area contributed by atoms with Crippen molar-refractivity contribution in [2.75, 3.05) is 32.8 Å². The summed E-state index contributed by atoms with van der Waals surface area (Å²) in [6.45, 7) is 8.71. The number of piperidine rings is 1. The average molecular weight is 398 g/mol. The lowest BCUT2D eigenvalue weighted by Crippen LogP contribution is -2.48. The number of urea groups is 1. The average Bonchev–Trinajstić information content (AvgIpc) is 2.53. The standard InChI is InChI=1S/C18H28BrN3O2/c1-14(2)13-22-9-6-16(7-10-22)21-18(23)20-8-11-24-17-5-3-4-15(19)12-17/h3-5,12,14,16H,6-11,13H2,1-2H3,(H2,20,21,23). The van der Waals surface area contributed by atoms with E-state index in [0.29, 0.717) is 19.1 Å². The maximum atomic E-state index is 11.9. The smallest absolute Gasteiger partial charge is 0.315 e. The quantitative estimate of drug-likeness (QED) is 0.694. The van der Waals surface area contributed by atoms with Crippen molar-refractivity contribution in [3.8, 4) is 5.75 Å². The number of carbonyl (C=O) groups is 1. The maximum absolute atomic E-state index is 11.9. The van der Waals surface area contributed by atoms with Crippen LogP contribution in [0.5, 0.6) is 5.75 Å². The fourth-order valence-corrected chi connectivity index (χ4v) is 3.28. The van der Waals surface area contributed by atoms with Crippen LogP contribution in [-0.4, -0.2) is 49.8 Å². The predicted octanol–water partition coefficient (Wildman–Crippen LogP) is 3.25. The summed E-state index contributed by atoms with van der Waals surface area (Å²) in [6, 6.07) is 7.85. The maximum Gasteiger partial charge on any atom is 0.315 e. The Morgan fingerprint density at radius 2 is 2.12 bits per heavy atom. The molecule has 2 N–H and O–H groups in total. The van der Waals surface area contributed by atoms with E-state index in [2.05, 4.69) is 45.3 Å². The van der Waals surface area contributed by atoms with Crippen LogP contribution in [-0.2, 0) is 0 Å². The highest BCUT2D eigenvalue weighted by molar-refractivity contribution is 9.10. The summed E-state index contributed by atoms with van der Waals surface area (Å²) in [5.41, 5.74) is 0. The lowest BCUT2D eigenvalue weighted by Gasteiger charge is -2.33.